The highest BCUT2D eigenvalue weighted by Gasteiger charge is 2.61. The van der Waals surface area contributed by atoms with E-state index in [1.165, 1.54) is 12.3 Å². The number of hydrogen-bond donors (Lipinski definition) is 5. The van der Waals surface area contributed by atoms with Crippen LogP contribution in [-0.2, 0) is 5.60 Å². The summed E-state index contributed by atoms with van der Waals surface area (Å²) in [6.45, 7) is 0.0592. The molecule has 0 saturated heterocycles. The third-order valence-corrected chi connectivity index (χ3v) is 6.49. The summed E-state index contributed by atoms with van der Waals surface area (Å²) in [5.41, 5.74) is 1.15. The zero-order valence-corrected chi connectivity index (χ0v) is 17.2. The molecule has 2 bridgehead atoms. The van der Waals surface area contributed by atoms with Gasteiger partial charge in [0.05, 0.1) is 24.1 Å². The molecular weight excluding hydrogens is 429 g/mol. The van der Waals surface area contributed by atoms with Gasteiger partial charge in [0.1, 0.15) is 0 Å². The maximum Gasteiger partial charge on any atom is 0.423 e. The Hall–Kier alpha value is -2.76. The summed E-state index contributed by atoms with van der Waals surface area (Å²) in [6.07, 6.45) is -1.79. The average Bonchev–Trinajstić information content (AvgIpc) is 3.19. The Morgan fingerprint density at radius 2 is 1.97 bits per heavy atom. The summed E-state index contributed by atoms with van der Waals surface area (Å²) in [5.74, 6) is -0.733. The molecule has 1 atom stereocenters. The van der Waals surface area contributed by atoms with E-state index in [-0.39, 0.29) is 22.8 Å². The molecule has 3 fully saturated rings. The fraction of sp³-hybridized carbons (Fsp3) is 0.476. The minimum absolute atomic E-state index is 0.0835. The van der Waals surface area contributed by atoms with Crippen LogP contribution < -0.4 is 11.1 Å². The van der Waals surface area contributed by atoms with Crippen molar-refractivity contribution in [2.24, 2.45) is 0 Å². The molecule has 3 aliphatic rings. The lowest BCUT2D eigenvalue weighted by molar-refractivity contribution is -0.277. The van der Waals surface area contributed by atoms with E-state index in [1.807, 2.05) is 0 Å². The number of aliphatic hydroxyl groups excluding tert-OH is 1. The predicted octanol–water partition coefficient (Wildman–Crippen LogP) is 1.56. The van der Waals surface area contributed by atoms with E-state index in [0.717, 1.165) is 12.1 Å². The molecular formula is C21H23F3N4O4. The van der Waals surface area contributed by atoms with Crippen LogP contribution in [0.25, 0.3) is 11.3 Å². The third-order valence-electron chi connectivity index (χ3n) is 6.49. The highest BCUT2D eigenvalue weighted by molar-refractivity contribution is 5.97. The van der Waals surface area contributed by atoms with Crippen molar-refractivity contribution >= 4 is 11.7 Å². The van der Waals surface area contributed by atoms with Gasteiger partial charge in [-0.05, 0) is 49.8 Å². The highest BCUT2D eigenvalue weighted by atomic mass is 19.4. The van der Waals surface area contributed by atoms with E-state index in [9.17, 15) is 33.3 Å². The van der Waals surface area contributed by atoms with Gasteiger partial charge in [-0.1, -0.05) is 12.1 Å². The van der Waals surface area contributed by atoms with Gasteiger partial charge in [0.2, 0.25) is 5.60 Å². The quantitative estimate of drug-likeness (QED) is 0.464. The molecule has 172 valence electrons. The van der Waals surface area contributed by atoms with Crippen molar-refractivity contribution in [1.29, 1.82) is 0 Å². The SMILES string of the molecule is Cc1ccc([C@](O)(CO)C(F)(F)F)cc1-c1cnc(N)c(C(=O)NC23CCC(O)(C2)C3)n1. The number of aromatic nitrogens is 2. The number of nitrogens with zero attached hydrogens (tertiary/aromatic N) is 2. The molecule has 3 saturated carbocycles. The third kappa shape index (κ3) is 3.50. The molecule has 8 nitrogen and oxygen atoms in total. The Kier molecular flexibility index (Phi) is 4.99. The first-order valence-corrected chi connectivity index (χ1v) is 10.0. The van der Waals surface area contributed by atoms with Gasteiger partial charge in [0.15, 0.2) is 11.5 Å². The van der Waals surface area contributed by atoms with Gasteiger partial charge in [-0.15, -0.1) is 0 Å². The standard InChI is InChI=1S/C21H23F3N4O4/c1-11-2-3-12(20(32,10-29)21(22,23)24)6-13(11)14-7-26-16(25)15(27-14)17(30)28-18-4-5-19(31,8-18)9-18/h2-3,6-7,29,31-32H,4-5,8-10H2,1H3,(H2,25,26)(H,28,30)/t18?,19?,20-/m1/s1. The lowest BCUT2D eigenvalue weighted by atomic mass is 9.73. The zero-order chi connectivity index (χ0) is 23.5. The van der Waals surface area contributed by atoms with Gasteiger partial charge in [0, 0.05) is 11.1 Å². The highest BCUT2D eigenvalue weighted by Crippen LogP contribution is 2.55. The summed E-state index contributed by atoms with van der Waals surface area (Å²) < 4.78 is 40.2. The second kappa shape index (κ2) is 7.12. The number of aryl methyl sites for hydroxylation is 1. The molecule has 1 amide bonds. The van der Waals surface area contributed by atoms with Crippen LogP contribution in [0.4, 0.5) is 19.0 Å². The number of nitrogen functional groups attached to an aromatic ring is 1. The number of amides is 1. The Balaban J connectivity index is 1.68. The molecule has 1 heterocycles. The number of nitrogens with two attached hydrogens (primary N) is 1. The minimum Gasteiger partial charge on any atom is -0.393 e. The maximum atomic E-state index is 13.4. The second-order valence-corrected chi connectivity index (χ2v) is 8.85. The number of alkyl halides is 3. The number of rotatable bonds is 5. The number of nitrogens with one attached hydrogen (secondary N) is 1. The van der Waals surface area contributed by atoms with Crippen LogP contribution in [0.1, 0.15) is 47.3 Å². The molecule has 32 heavy (non-hydrogen) atoms. The first-order chi connectivity index (χ1) is 14.8. The normalized spacial score (nSPS) is 26.3. The number of carbonyl (C=O) groups excluding carboxylic acids is 1. The molecule has 1 aromatic carbocycles. The number of hydrogen-bond acceptors (Lipinski definition) is 7. The van der Waals surface area contributed by atoms with E-state index in [4.69, 9.17) is 5.73 Å². The fourth-order valence-electron chi connectivity index (χ4n) is 4.68. The molecule has 0 spiro atoms. The van der Waals surface area contributed by atoms with Crippen molar-refractivity contribution in [3.63, 3.8) is 0 Å². The zero-order valence-electron chi connectivity index (χ0n) is 17.2. The number of carbonyl (C=O) groups is 1. The number of anilines is 1. The van der Waals surface area contributed by atoms with E-state index in [0.29, 0.717) is 31.2 Å². The Bertz CT molecular complexity index is 1090. The maximum absolute atomic E-state index is 13.4. The van der Waals surface area contributed by atoms with E-state index >= 15 is 0 Å². The van der Waals surface area contributed by atoms with E-state index in [2.05, 4.69) is 15.3 Å². The van der Waals surface area contributed by atoms with Gasteiger partial charge in [-0.25, -0.2) is 9.97 Å². The molecule has 0 unspecified atom stereocenters. The van der Waals surface area contributed by atoms with Crippen LogP contribution in [0.5, 0.6) is 0 Å². The molecule has 0 radical (unpaired) electrons. The first-order valence-electron chi connectivity index (χ1n) is 10.0. The topological polar surface area (TPSA) is 142 Å². The van der Waals surface area contributed by atoms with Crippen LogP contribution in [0.15, 0.2) is 24.4 Å². The van der Waals surface area contributed by atoms with Crippen molar-refractivity contribution in [2.75, 3.05) is 12.3 Å². The van der Waals surface area contributed by atoms with Crippen molar-refractivity contribution in [3.05, 3.63) is 41.2 Å². The summed E-state index contributed by atoms with van der Waals surface area (Å²) in [7, 11) is 0. The van der Waals surface area contributed by atoms with Crippen molar-refractivity contribution in [3.8, 4) is 11.3 Å². The lowest BCUT2D eigenvalue weighted by Crippen LogP contribution is -2.58. The van der Waals surface area contributed by atoms with E-state index < -0.39 is 41.0 Å². The number of aliphatic hydroxyl groups is 3. The molecule has 3 aliphatic carbocycles. The van der Waals surface area contributed by atoms with Gasteiger partial charge in [-0.3, -0.25) is 4.79 Å². The molecule has 6 N–H and O–H groups in total. The molecule has 5 rings (SSSR count). The monoisotopic (exact) mass is 452 g/mol. The summed E-state index contributed by atoms with van der Waals surface area (Å²) >= 11 is 0. The van der Waals surface area contributed by atoms with Crippen LogP contribution in [0.2, 0.25) is 0 Å². The van der Waals surface area contributed by atoms with Crippen molar-refractivity contribution in [1.82, 2.24) is 15.3 Å². The molecule has 2 aromatic rings. The smallest absolute Gasteiger partial charge is 0.393 e. The summed E-state index contributed by atoms with van der Waals surface area (Å²) in [4.78, 5) is 21.0. The number of benzene rings is 1. The predicted molar refractivity (Wildman–Crippen MR) is 107 cm³/mol. The molecule has 1 aromatic heterocycles. The minimum atomic E-state index is -5.11. The molecule has 0 aliphatic heterocycles. The van der Waals surface area contributed by atoms with Crippen molar-refractivity contribution < 1.29 is 33.3 Å². The van der Waals surface area contributed by atoms with Gasteiger partial charge >= 0.3 is 6.18 Å². The molecule has 11 heteroatoms. The summed E-state index contributed by atoms with van der Waals surface area (Å²) in [5, 5.41) is 32.3. The van der Waals surface area contributed by atoms with Crippen LogP contribution in [0, 0.1) is 6.92 Å². The number of fused-ring (bicyclic) bond motifs is 1. The first kappa shape index (κ1) is 22.4. The summed E-state index contributed by atoms with van der Waals surface area (Å²) in [6, 6.07) is 3.47. The van der Waals surface area contributed by atoms with Crippen LogP contribution in [0.3, 0.4) is 0 Å². The second-order valence-electron chi connectivity index (χ2n) is 8.85. The fourth-order valence-corrected chi connectivity index (χ4v) is 4.68. The van der Waals surface area contributed by atoms with Crippen LogP contribution >= 0.6 is 0 Å². The van der Waals surface area contributed by atoms with Crippen molar-refractivity contribution in [2.45, 2.75) is 55.5 Å². The largest absolute Gasteiger partial charge is 0.423 e. The average molecular weight is 452 g/mol. The Morgan fingerprint density at radius 1 is 1.28 bits per heavy atom. The Morgan fingerprint density at radius 3 is 2.53 bits per heavy atom. The van der Waals surface area contributed by atoms with Gasteiger partial charge in [0.25, 0.3) is 5.91 Å². The van der Waals surface area contributed by atoms with E-state index in [1.54, 1.807) is 6.92 Å². The Labute approximate surface area is 181 Å². The van der Waals surface area contributed by atoms with Gasteiger partial charge in [-0.2, -0.15) is 13.2 Å². The lowest BCUT2D eigenvalue weighted by Gasteiger charge is -2.44. The number of halogens is 3. The van der Waals surface area contributed by atoms with Crippen LogP contribution in [-0.4, -0.2) is 55.1 Å². The van der Waals surface area contributed by atoms with Gasteiger partial charge < -0.3 is 26.4 Å².